The largest absolute Gasteiger partial charge is 0.488 e. The van der Waals surface area contributed by atoms with Gasteiger partial charge in [-0.15, -0.1) is 0 Å². The number of primary amides is 1. The number of ether oxygens (including phenoxy) is 1. The number of benzene rings is 1. The molecule has 6 rings (SSSR count). The van der Waals surface area contributed by atoms with E-state index in [4.69, 9.17) is 22.1 Å². The van der Waals surface area contributed by atoms with E-state index >= 15 is 0 Å². The SMILES string of the molecule is Cc1cc(Nc2ncc(Cl)c(Nc3cn(C)nc3S(=O)(=O)C(C)C)n2)c(OC2CC2)cc1C1CCCCC1.NC(=O)C1CC1. The van der Waals surface area contributed by atoms with E-state index in [1.807, 2.05) is 0 Å². The third-order valence-electron chi connectivity index (χ3n) is 8.14. The van der Waals surface area contributed by atoms with Gasteiger partial charge in [0, 0.05) is 19.2 Å². The number of carbonyl (C=O) groups excluding carboxylic acids is 1. The number of sulfone groups is 1. The number of aryl methyl sites for hydroxylation is 2. The Kier molecular flexibility index (Phi) is 9.69. The maximum Gasteiger partial charge on any atom is 0.229 e. The van der Waals surface area contributed by atoms with Gasteiger partial charge in [0.1, 0.15) is 10.8 Å². The van der Waals surface area contributed by atoms with E-state index < -0.39 is 15.1 Å². The van der Waals surface area contributed by atoms with Crippen LogP contribution in [-0.4, -0.2) is 45.4 Å². The molecule has 0 bridgehead atoms. The first-order valence-corrected chi connectivity index (χ1v) is 17.3. The minimum Gasteiger partial charge on any atom is -0.488 e. The van der Waals surface area contributed by atoms with Gasteiger partial charge in [0.25, 0.3) is 0 Å². The summed E-state index contributed by atoms with van der Waals surface area (Å²) in [6.45, 7) is 5.39. The summed E-state index contributed by atoms with van der Waals surface area (Å²) in [7, 11) is -1.95. The second kappa shape index (κ2) is 13.3. The first-order valence-electron chi connectivity index (χ1n) is 15.4. The third kappa shape index (κ3) is 7.82. The summed E-state index contributed by atoms with van der Waals surface area (Å²) in [6, 6.07) is 4.31. The van der Waals surface area contributed by atoms with Crippen LogP contribution in [0.3, 0.4) is 0 Å². The van der Waals surface area contributed by atoms with Gasteiger partial charge in [-0.3, -0.25) is 9.48 Å². The molecule has 0 aliphatic heterocycles. The molecule has 0 radical (unpaired) electrons. The Hall–Kier alpha value is -3.38. The van der Waals surface area contributed by atoms with E-state index in [1.54, 1.807) is 27.1 Å². The summed E-state index contributed by atoms with van der Waals surface area (Å²) in [5, 5.41) is 10.1. The molecular formula is C31H42ClN7O4S. The average molecular weight is 644 g/mol. The summed E-state index contributed by atoms with van der Waals surface area (Å²) in [5.41, 5.74) is 8.54. The molecule has 1 amide bonds. The van der Waals surface area contributed by atoms with Gasteiger partial charge in [-0.1, -0.05) is 30.9 Å². The zero-order chi connectivity index (χ0) is 31.6. The Labute approximate surface area is 264 Å². The quantitative estimate of drug-likeness (QED) is 0.230. The minimum atomic E-state index is -3.62. The van der Waals surface area contributed by atoms with Crippen molar-refractivity contribution in [1.29, 1.82) is 0 Å². The van der Waals surface area contributed by atoms with Crippen LogP contribution < -0.4 is 21.1 Å². The lowest BCUT2D eigenvalue weighted by molar-refractivity contribution is -0.119. The van der Waals surface area contributed by atoms with Gasteiger partial charge in [0.2, 0.25) is 26.7 Å². The maximum absolute atomic E-state index is 12.8. The van der Waals surface area contributed by atoms with Crippen LogP contribution in [0.25, 0.3) is 0 Å². The highest BCUT2D eigenvalue weighted by Gasteiger charge is 2.29. The van der Waals surface area contributed by atoms with E-state index in [0.29, 0.717) is 17.6 Å². The Balaban J connectivity index is 0.000000573. The highest BCUT2D eigenvalue weighted by atomic mass is 35.5. The molecule has 0 saturated heterocycles. The number of anilines is 4. The molecular weight excluding hydrogens is 602 g/mol. The molecule has 0 spiro atoms. The standard InChI is InChI=1S/C27H35ClN6O3S.C4H7NO/c1-16(2)38(35,36)26-23(15-34(4)33-26)30-25-21(28)14-29-27(32-25)31-22-12-17(3)20(18-8-6-5-7-9-18)13-24(22)37-19-10-11-19;5-4(6)3-1-2-3/h12-16,18-19H,5-11H2,1-4H3,(H2,29,30,31,32);3H,1-2H2,(H2,5,6). The molecule has 13 heteroatoms. The molecule has 238 valence electrons. The second-order valence-electron chi connectivity index (χ2n) is 12.3. The summed E-state index contributed by atoms with van der Waals surface area (Å²) in [6.07, 6.45) is 13.8. The summed E-state index contributed by atoms with van der Waals surface area (Å²) < 4.78 is 33.4. The van der Waals surface area contributed by atoms with Crippen molar-refractivity contribution >= 4 is 50.5 Å². The molecule has 1 aromatic carbocycles. The van der Waals surface area contributed by atoms with Crippen molar-refractivity contribution < 1.29 is 17.9 Å². The molecule has 2 aromatic heterocycles. The molecule has 2 heterocycles. The number of hydrogen-bond donors (Lipinski definition) is 3. The van der Waals surface area contributed by atoms with Gasteiger partial charge in [-0.25, -0.2) is 13.4 Å². The topological polar surface area (TPSA) is 154 Å². The number of rotatable bonds is 10. The van der Waals surface area contributed by atoms with Crippen LogP contribution in [0.5, 0.6) is 5.75 Å². The van der Waals surface area contributed by atoms with Crippen molar-refractivity contribution in [2.24, 2.45) is 18.7 Å². The molecule has 3 saturated carbocycles. The number of nitrogens with one attached hydrogen (secondary N) is 2. The molecule has 3 aliphatic rings. The molecule has 3 aromatic rings. The van der Waals surface area contributed by atoms with Crippen LogP contribution >= 0.6 is 11.6 Å². The Morgan fingerprint density at radius 3 is 2.36 bits per heavy atom. The van der Waals surface area contributed by atoms with Crippen molar-refractivity contribution in [3.8, 4) is 5.75 Å². The summed E-state index contributed by atoms with van der Waals surface area (Å²) in [4.78, 5) is 18.9. The van der Waals surface area contributed by atoms with Crippen LogP contribution in [0.4, 0.5) is 23.1 Å². The Morgan fingerprint density at radius 1 is 1.07 bits per heavy atom. The minimum absolute atomic E-state index is 0.0479. The Bertz CT molecular complexity index is 1610. The molecule has 0 atom stereocenters. The number of amides is 1. The van der Waals surface area contributed by atoms with Crippen LogP contribution in [0, 0.1) is 12.8 Å². The molecule has 11 nitrogen and oxygen atoms in total. The van der Waals surface area contributed by atoms with E-state index in [2.05, 4.69) is 44.8 Å². The predicted octanol–water partition coefficient (Wildman–Crippen LogP) is 6.31. The zero-order valence-electron chi connectivity index (χ0n) is 25.8. The van der Waals surface area contributed by atoms with Crippen LogP contribution in [0.2, 0.25) is 5.02 Å². The lowest BCUT2D eigenvalue weighted by Gasteiger charge is -2.25. The van der Waals surface area contributed by atoms with Gasteiger partial charge < -0.3 is 21.1 Å². The summed E-state index contributed by atoms with van der Waals surface area (Å²) >= 11 is 6.41. The number of hydrogen-bond acceptors (Lipinski definition) is 9. The van der Waals surface area contributed by atoms with Crippen molar-refractivity contribution in [2.75, 3.05) is 10.6 Å². The molecule has 4 N–H and O–H groups in total. The predicted molar refractivity (Wildman–Crippen MR) is 172 cm³/mol. The Morgan fingerprint density at radius 2 is 1.77 bits per heavy atom. The highest BCUT2D eigenvalue weighted by molar-refractivity contribution is 7.92. The van der Waals surface area contributed by atoms with Crippen molar-refractivity contribution in [2.45, 2.75) is 101 Å². The lowest BCUT2D eigenvalue weighted by atomic mass is 9.82. The van der Waals surface area contributed by atoms with Crippen LogP contribution in [0.15, 0.2) is 29.6 Å². The molecule has 3 fully saturated rings. The number of halogens is 1. The number of nitrogens with zero attached hydrogens (tertiary/aromatic N) is 4. The zero-order valence-corrected chi connectivity index (χ0v) is 27.3. The normalized spacial score (nSPS) is 17.1. The van der Waals surface area contributed by atoms with E-state index in [1.165, 1.54) is 54.1 Å². The number of nitrogens with two attached hydrogens (primary N) is 1. The van der Waals surface area contributed by atoms with E-state index in [0.717, 1.165) is 37.1 Å². The first-order chi connectivity index (χ1) is 20.9. The van der Waals surface area contributed by atoms with Gasteiger partial charge in [-0.05, 0) is 88.5 Å². The molecule has 0 unspecified atom stereocenters. The highest BCUT2D eigenvalue weighted by Crippen LogP contribution is 2.41. The van der Waals surface area contributed by atoms with Crippen molar-refractivity contribution in [3.63, 3.8) is 0 Å². The number of aromatic nitrogens is 4. The number of carbonyl (C=O) groups is 1. The monoisotopic (exact) mass is 643 g/mol. The molecule has 44 heavy (non-hydrogen) atoms. The molecule has 3 aliphatic carbocycles. The van der Waals surface area contributed by atoms with E-state index in [9.17, 15) is 13.2 Å². The fraction of sp³-hybridized carbons (Fsp3) is 0.548. The van der Waals surface area contributed by atoms with E-state index in [-0.39, 0.29) is 33.8 Å². The fourth-order valence-corrected chi connectivity index (χ4v) is 6.47. The van der Waals surface area contributed by atoms with Gasteiger partial charge in [-0.2, -0.15) is 10.1 Å². The van der Waals surface area contributed by atoms with Gasteiger partial charge >= 0.3 is 0 Å². The smallest absolute Gasteiger partial charge is 0.229 e. The third-order valence-corrected chi connectivity index (χ3v) is 10.5. The van der Waals surface area contributed by atoms with Crippen molar-refractivity contribution in [1.82, 2.24) is 19.7 Å². The summed E-state index contributed by atoms with van der Waals surface area (Å²) in [5.74, 6) is 2.08. The van der Waals surface area contributed by atoms with Crippen LogP contribution in [0.1, 0.15) is 88.7 Å². The fourth-order valence-electron chi connectivity index (χ4n) is 5.24. The lowest BCUT2D eigenvalue weighted by Crippen LogP contribution is -2.16. The van der Waals surface area contributed by atoms with Gasteiger partial charge in [0.05, 0.1) is 28.9 Å². The van der Waals surface area contributed by atoms with Gasteiger partial charge in [0.15, 0.2) is 5.82 Å². The van der Waals surface area contributed by atoms with Crippen molar-refractivity contribution in [3.05, 3.63) is 40.7 Å². The maximum atomic E-state index is 12.8. The first kappa shape index (κ1) is 32.0. The average Bonchev–Trinajstić information content (AvgIpc) is 3.91. The van der Waals surface area contributed by atoms with Crippen LogP contribution in [-0.2, 0) is 21.7 Å². The second-order valence-corrected chi connectivity index (χ2v) is 15.1.